The second-order valence-electron chi connectivity index (χ2n) is 6.51. The van der Waals surface area contributed by atoms with E-state index in [1.807, 2.05) is 0 Å². The Morgan fingerprint density at radius 2 is 1.81 bits per heavy atom. The van der Waals surface area contributed by atoms with Crippen LogP contribution in [0.3, 0.4) is 0 Å². The van der Waals surface area contributed by atoms with Gasteiger partial charge in [0.1, 0.15) is 17.1 Å². The molecule has 1 aromatic heterocycles. The van der Waals surface area contributed by atoms with Crippen molar-refractivity contribution >= 4 is 33.9 Å². The Bertz CT molecular complexity index is 1180. The first-order valence-corrected chi connectivity index (χ1v) is 9.89. The topological polar surface area (TPSA) is 102 Å². The summed E-state index contributed by atoms with van der Waals surface area (Å²) >= 11 is 1.07. The quantitative estimate of drug-likeness (QED) is 0.368. The van der Waals surface area contributed by atoms with E-state index in [1.54, 1.807) is 18.2 Å². The minimum absolute atomic E-state index is 0.154. The number of hydrogen-bond donors (Lipinski definition) is 1. The van der Waals surface area contributed by atoms with Gasteiger partial charge in [-0.15, -0.1) is 10.2 Å². The van der Waals surface area contributed by atoms with Gasteiger partial charge in [0, 0.05) is 5.56 Å². The van der Waals surface area contributed by atoms with Gasteiger partial charge in [-0.3, -0.25) is 14.5 Å². The van der Waals surface area contributed by atoms with E-state index in [9.17, 15) is 19.1 Å². The number of aromatic nitrogens is 2. The van der Waals surface area contributed by atoms with Crippen LogP contribution in [0.1, 0.15) is 17.2 Å². The van der Waals surface area contributed by atoms with Crippen LogP contribution < -0.4 is 14.4 Å². The molecule has 158 valence electrons. The molecule has 1 atom stereocenters. The number of anilines is 1. The van der Waals surface area contributed by atoms with Crippen LogP contribution in [-0.4, -0.2) is 41.2 Å². The Balaban J connectivity index is 1.94. The molecule has 8 nitrogen and oxygen atoms in total. The van der Waals surface area contributed by atoms with Crippen LogP contribution in [-0.2, 0) is 9.59 Å². The van der Waals surface area contributed by atoms with Gasteiger partial charge in [-0.05, 0) is 42.0 Å². The van der Waals surface area contributed by atoms with Gasteiger partial charge in [0.15, 0.2) is 11.5 Å². The SMILES string of the molecule is COc1ccc([C@H]2/C(=C(\O)c3ccc(F)cc3)C(=O)C(=O)N2c2nncs2)cc1OC. The summed E-state index contributed by atoms with van der Waals surface area (Å²) in [5, 5.41) is 18.8. The van der Waals surface area contributed by atoms with Gasteiger partial charge in [-0.2, -0.15) is 0 Å². The van der Waals surface area contributed by atoms with E-state index in [1.165, 1.54) is 36.8 Å². The molecule has 0 radical (unpaired) electrons. The van der Waals surface area contributed by atoms with Crippen LogP contribution >= 0.6 is 11.3 Å². The number of benzene rings is 2. The molecule has 1 saturated heterocycles. The molecule has 1 fully saturated rings. The molecular formula is C21H16FN3O5S. The third-order valence-corrected chi connectivity index (χ3v) is 5.53. The first-order chi connectivity index (χ1) is 15.0. The lowest BCUT2D eigenvalue weighted by Gasteiger charge is -2.23. The Labute approximate surface area is 180 Å². The van der Waals surface area contributed by atoms with Gasteiger partial charge >= 0.3 is 5.91 Å². The second-order valence-corrected chi connectivity index (χ2v) is 7.32. The highest BCUT2D eigenvalue weighted by Crippen LogP contribution is 2.44. The van der Waals surface area contributed by atoms with E-state index >= 15 is 0 Å². The van der Waals surface area contributed by atoms with Crippen LogP contribution in [0, 0.1) is 5.82 Å². The lowest BCUT2D eigenvalue weighted by Crippen LogP contribution is -2.29. The number of aliphatic hydroxyl groups excluding tert-OH is 1. The number of ketones is 1. The molecule has 31 heavy (non-hydrogen) atoms. The zero-order valence-corrected chi connectivity index (χ0v) is 17.2. The van der Waals surface area contributed by atoms with Crippen molar-refractivity contribution in [1.82, 2.24) is 10.2 Å². The lowest BCUT2D eigenvalue weighted by atomic mass is 9.95. The van der Waals surface area contributed by atoms with Gasteiger partial charge in [0.05, 0.1) is 25.8 Å². The number of amides is 1. The zero-order valence-electron chi connectivity index (χ0n) is 16.4. The number of nitrogens with zero attached hydrogens (tertiary/aromatic N) is 3. The van der Waals surface area contributed by atoms with Crippen LogP contribution in [0.4, 0.5) is 9.52 Å². The zero-order chi connectivity index (χ0) is 22.1. The minimum Gasteiger partial charge on any atom is -0.507 e. The Morgan fingerprint density at radius 3 is 2.42 bits per heavy atom. The van der Waals surface area contributed by atoms with Crippen LogP contribution in [0.2, 0.25) is 0 Å². The summed E-state index contributed by atoms with van der Waals surface area (Å²) in [5.74, 6) is -1.84. The van der Waals surface area contributed by atoms with E-state index in [4.69, 9.17) is 9.47 Å². The van der Waals surface area contributed by atoms with E-state index in [0.717, 1.165) is 23.5 Å². The molecule has 0 unspecified atom stereocenters. The van der Waals surface area contributed by atoms with E-state index < -0.39 is 29.3 Å². The molecule has 1 amide bonds. The fourth-order valence-electron chi connectivity index (χ4n) is 3.40. The first kappa shape index (κ1) is 20.5. The molecule has 0 saturated carbocycles. The smallest absolute Gasteiger partial charge is 0.301 e. The predicted octanol–water partition coefficient (Wildman–Crippen LogP) is 3.32. The van der Waals surface area contributed by atoms with Gasteiger partial charge < -0.3 is 14.6 Å². The van der Waals surface area contributed by atoms with E-state index in [2.05, 4.69) is 10.2 Å². The van der Waals surface area contributed by atoms with Gasteiger partial charge in [-0.1, -0.05) is 17.4 Å². The number of methoxy groups -OCH3 is 2. The van der Waals surface area contributed by atoms with Crippen LogP contribution in [0.15, 0.2) is 53.5 Å². The third-order valence-electron chi connectivity index (χ3n) is 4.84. The summed E-state index contributed by atoms with van der Waals surface area (Å²) in [6.07, 6.45) is 0. The summed E-state index contributed by atoms with van der Waals surface area (Å²) in [6.45, 7) is 0. The summed E-state index contributed by atoms with van der Waals surface area (Å²) in [6, 6.07) is 8.86. The van der Waals surface area contributed by atoms with Crippen molar-refractivity contribution in [2.75, 3.05) is 19.1 Å². The molecule has 0 aliphatic carbocycles. The number of carbonyl (C=O) groups is 2. The maximum absolute atomic E-state index is 13.3. The van der Waals surface area contributed by atoms with Crippen molar-refractivity contribution < 1.29 is 28.6 Å². The molecule has 2 heterocycles. The molecule has 1 aliphatic rings. The van der Waals surface area contributed by atoms with Crippen molar-refractivity contribution in [3.05, 3.63) is 70.5 Å². The van der Waals surface area contributed by atoms with Crippen LogP contribution in [0.25, 0.3) is 5.76 Å². The molecule has 3 aromatic rings. The molecule has 4 rings (SSSR count). The number of ether oxygens (including phenoxy) is 2. The number of Topliss-reactive ketones (excluding diaryl/α,β-unsaturated/α-hetero) is 1. The van der Waals surface area contributed by atoms with Crippen molar-refractivity contribution in [1.29, 1.82) is 0 Å². The first-order valence-electron chi connectivity index (χ1n) is 9.01. The normalized spacial score (nSPS) is 17.8. The Hall–Kier alpha value is -3.79. The molecule has 0 bridgehead atoms. The average molecular weight is 441 g/mol. The Kier molecular flexibility index (Phi) is 5.38. The minimum atomic E-state index is -1.00. The maximum Gasteiger partial charge on any atom is 0.301 e. The number of rotatable bonds is 5. The average Bonchev–Trinajstić information content (AvgIpc) is 3.40. The van der Waals surface area contributed by atoms with Gasteiger partial charge in [-0.25, -0.2) is 4.39 Å². The summed E-state index contributed by atoms with van der Waals surface area (Å²) < 4.78 is 24.0. The van der Waals surface area contributed by atoms with Gasteiger partial charge in [0.2, 0.25) is 5.13 Å². The summed E-state index contributed by atoms with van der Waals surface area (Å²) in [5.41, 5.74) is 1.96. The molecule has 1 aliphatic heterocycles. The third kappa shape index (κ3) is 3.50. The molecular weight excluding hydrogens is 425 g/mol. The lowest BCUT2D eigenvalue weighted by molar-refractivity contribution is -0.132. The Morgan fingerprint density at radius 1 is 1.10 bits per heavy atom. The predicted molar refractivity (Wildman–Crippen MR) is 111 cm³/mol. The van der Waals surface area contributed by atoms with E-state index in [-0.39, 0.29) is 16.3 Å². The molecule has 0 spiro atoms. The van der Waals surface area contributed by atoms with Crippen molar-refractivity contribution in [3.63, 3.8) is 0 Å². The highest BCUT2D eigenvalue weighted by atomic mass is 32.1. The highest BCUT2D eigenvalue weighted by molar-refractivity contribution is 7.13. The fourth-order valence-corrected chi connectivity index (χ4v) is 3.99. The standard InChI is InChI=1S/C21H16FN3O5S/c1-29-14-8-5-12(9-15(14)30-2)17-16(18(26)11-3-6-13(22)7-4-11)19(27)20(28)25(17)21-24-23-10-31-21/h3-10,17,26H,1-2H3/b18-16+/t17-/m0/s1. The second kappa shape index (κ2) is 8.15. The van der Waals surface area contributed by atoms with Crippen molar-refractivity contribution in [3.8, 4) is 11.5 Å². The molecule has 1 N–H and O–H groups in total. The summed E-state index contributed by atoms with van der Waals surface area (Å²) in [4.78, 5) is 27.1. The molecule has 10 heteroatoms. The highest BCUT2D eigenvalue weighted by Gasteiger charge is 2.48. The fraction of sp³-hybridized carbons (Fsp3) is 0.143. The number of carbonyl (C=O) groups excluding carboxylic acids is 2. The molecule has 2 aromatic carbocycles. The maximum atomic E-state index is 13.3. The number of hydrogen-bond acceptors (Lipinski definition) is 8. The number of halogens is 1. The van der Waals surface area contributed by atoms with Crippen molar-refractivity contribution in [2.24, 2.45) is 0 Å². The van der Waals surface area contributed by atoms with E-state index in [0.29, 0.717) is 17.1 Å². The van der Waals surface area contributed by atoms with Crippen molar-refractivity contribution in [2.45, 2.75) is 6.04 Å². The largest absolute Gasteiger partial charge is 0.507 e. The summed E-state index contributed by atoms with van der Waals surface area (Å²) in [7, 11) is 2.95. The number of aliphatic hydroxyl groups is 1. The monoisotopic (exact) mass is 441 g/mol. The van der Waals surface area contributed by atoms with Gasteiger partial charge in [0.25, 0.3) is 5.78 Å². The van der Waals surface area contributed by atoms with Crippen LogP contribution in [0.5, 0.6) is 11.5 Å².